The van der Waals surface area contributed by atoms with Crippen molar-refractivity contribution in [2.45, 2.75) is 13.3 Å². The number of allylic oxidation sites excluding steroid dienone is 4. The second-order valence-electron chi connectivity index (χ2n) is 1.95. The molecule has 0 N–H and O–H groups in total. The smallest absolute Gasteiger partial charge is 0.00219 e. The van der Waals surface area contributed by atoms with Gasteiger partial charge in [0.2, 0.25) is 0 Å². The summed E-state index contributed by atoms with van der Waals surface area (Å²) in [4.78, 5) is 0. The zero-order valence-corrected chi connectivity index (χ0v) is 6.01. The quantitative estimate of drug-likeness (QED) is 0.503. The van der Waals surface area contributed by atoms with Crippen molar-refractivity contribution in [3.63, 3.8) is 0 Å². The average Bonchev–Trinajstić information content (AvgIpc) is 1.88. The highest BCUT2D eigenvalue weighted by Gasteiger charge is 1.91. The summed E-state index contributed by atoms with van der Waals surface area (Å²) >= 11 is 0. The lowest BCUT2D eigenvalue weighted by Gasteiger charge is -1.99. The molecule has 0 spiro atoms. The Morgan fingerprint density at radius 2 is 2.11 bits per heavy atom. The van der Waals surface area contributed by atoms with Gasteiger partial charge in [-0.15, -0.1) is 13.2 Å². The summed E-state index contributed by atoms with van der Waals surface area (Å²) < 4.78 is 0. The van der Waals surface area contributed by atoms with Gasteiger partial charge in [0.05, 0.1) is 0 Å². The van der Waals surface area contributed by atoms with Crippen LogP contribution in [-0.4, -0.2) is 0 Å². The highest BCUT2D eigenvalue weighted by atomic mass is 14.0. The van der Waals surface area contributed by atoms with Gasteiger partial charge in [-0.1, -0.05) is 24.3 Å². The molecule has 0 aliphatic carbocycles. The van der Waals surface area contributed by atoms with Gasteiger partial charge in [-0.3, -0.25) is 0 Å². The Balaban J connectivity index is 3.66. The molecule has 0 aromatic heterocycles. The normalized spacial score (nSPS) is 13.4. The van der Waals surface area contributed by atoms with E-state index in [-0.39, 0.29) is 0 Å². The molecule has 0 heterocycles. The van der Waals surface area contributed by atoms with E-state index in [4.69, 9.17) is 0 Å². The van der Waals surface area contributed by atoms with Gasteiger partial charge in [-0.05, 0) is 19.3 Å². The summed E-state index contributed by atoms with van der Waals surface area (Å²) in [6.45, 7) is 9.36. The molecule has 0 aliphatic heterocycles. The first kappa shape index (κ1) is 8.22. The molecule has 0 fully saturated rings. The third-order valence-electron chi connectivity index (χ3n) is 1.18. The highest BCUT2D eigenvalue weighted by molar-refractivity contribution is 4.98. The molecule has 0 rings (SSSR count). The maximum Gasteiger partial charge on any atom is -0.00219 e. The van der Waals surface area contributed by atoms with Crippen molar-refractivity contribution in [3.05, 3.63) is 37.5 Å². The van der Waals surface area contributed by atoms with E-state index < -0.39 is 0 Å². The fraction of sp³-hybridized carbons (Fsp3) is 0.333. The minimum Gasteiger partial charge on any atom is -0.103 e. The van der Waals surface area contributed by atoms with Gasteiger partial charge in [-0.25, -0.2) is 0 Å². The largest absolute Gasteiger partial charge is 0.103 e. The highest BCUT2D eigenvalue weighted by Crippen LogP contribution is 2.05. The van der Waals surface area contributed by atoms with Crippen LogP contribution in [0.1, 0.15) is 13.3 Å². The summed E-state index contributed by atoms with van der Waals surface area (Å²) in [6.07, 6.45) is 8.99. The van der Waals surface area contributed by atoms with Gasteiger partial charge in [0, 0.05) is 0 Å². The van der Waals surface area contributed by atoms with Crippen molar-refractivity contribution in [2.75, 3.05) is 0 Å². The Labute approximate surface area is 57.6 Å². The molecule has 9 heavy (non-hydrogen) atoms. The molecule has 0 bridgehead atoms. The van der Waals surface area contributed by atoms with Crippen LogP contribution in [0, 0.1) is 5.92 Å². The molecule has 0 aliphatic rings. The zero-order valence-electron chi connectivity index (χ0n) is 6.01. The molecular weight excluding hydrogens is 108 g/mol. The van der Waals surface area contributed by atoms with Crippen LogP contribution in [0.5, 0.6) is 0 Å². The van der Waals surface area contributed by atoms with Gasteiger partial charge in [-0.2, -0.15) is 0 Å². The van der Waals surface area contributed by atoms with Crippen molar-refractivity contribution >= 4 is 0 Å². The SMILES string of the molecule is C=CCC(C=C)C=CC. The molecule has 0 amide bonds. The monoisotopic (exact) mass is 122 g/mol. The Kier molecular flexibility index (Phi) is 4.89. The molecule has 1 atom stereocenters. The topological polar surface area (TPSA) is 0 Å². The molecule has 0 saturated heterocycles. The van der Waals surface area contributed by atoms with Crippen LogP contribution in [0.15, 0.2) is 37.5 Å². The van der Waals surface area contributed by atoms with Crippen LogP contribution in [0.2, 0.25) is 0 Å². The summed E-state index contributed by atoms with van der Waals surface area (Å²) in [7, 11) is 0. The van der Waals surface area contributed by atoms with Crippen molar-refractivity contribution in [2.24, 2.45) is 5.92 Å². The molecule has 0 nitrogen and oxygen atoms in total. The predicted octanol–water partition coefficient (Wildman–Crippen LogP) is 2.94. The minimum absolute atomic E-state index is 0.479. The van der Waals surface area contributed by atoms with Crippen molar-refractivity contribution in [3.8, 4) is 0 Å². The van der Waals surface area contributed by atoms with Crippen LogP contribution in [0.25, 0.3) is 0 Å². The van der Waals surface area contributed by atoms with Gasteiger partial charge < -0.3 is 0 Å². The summed E-state index contributed by atoms with van der Waals surface area (Å²) in [5.74, 6) is 0.479. The van der Waals surface area contributed by atoms with E-state index >= 15 is 0 Å². The van der Waals surface area contributed by atoms with E-state index in [0.29, 0.717) is 5.92 Å². The lowest BCUT2D eigenvalue weighted by molar-refractivity contribution is 0.834. The molecular formula is C9H14. The van der Waals surface area contributed by atoms with E-state index in [1.165, 1.54) is 0 Å². The van der Waals surface area contributed by atoms with Crippen LogP contribution in [-0.2, 0) is 0 Å². The molecule has 1 unspecified atom stereocenters. The lowest BCUT2D eigenvalue weighted by Crippen LogP contribution is -1.86. The number of rotatable bonds is 4. The van der Waals surface area contributed by atoms with E-state index in [9.17, 15) is 0 Å². The Hall–Kier alpha value is -0.780. The fourth-order valence-corrected chi connectivity index (χ4v) is 0.693. The molecule has 0 aromatic carbocycles. The second kappa shape index (κ2) is 5.36. The molecule has 50 valence electrons. The Morgan fingerprint density at radius 1 is 1.44 bits per heavy atom. The predicted molar refractivity (Wildman–Crippen MR) is 43.3 cm³/mol. The van der Waals surface area contributed by atoms with Crippen molar-refractivity contribution in [1.82, 2.24) is 0 Å². The third-order valence-corrected chi connectivity index (χ3v) is 1.18. The summed E-state index contributed by atoms with van der Waals surface area (Å²) in [5.41, 5.74) is 0. The molecule has 0 saturated carbocycles. The standard InChI is InChI=1S/C9H14/c1-4-7-9(6-3)8-5-2/h4-6,8-9H,1,3,7H2,2H3. The first-order chi connectivity index (χ1) is 4.35. The maximum absolute atomic E-state index is 3.70. The zero-order chi connectivity index (χ0) is 7.11. The van der Waals surface area contributed by atoms with Crippen molar-refractivity contribution in [1.29, 1.82) is 0 Å². The average molecular weight is 122 g/mol. The second-order valence-corrected chi connectivity index (χ2v) is 1.95. The molecule has 0 aromatic rings. The van der Waals surface area contributed by atoms with E-state index in [1.54, 1.807) is 0 Å². The molecule has 0 radical (unpaired) electrons. The Bertz CT molecular complexity index is 109. The molecule has 0 heteroatoms. The first-order valence-corrected chi connectivity index (χ1v) is 3.21. The van der Waals surface area contributed by atoms with E-state index in [2.05, 4.69) is 19.2 Å². The summed E-state index contributed by atoms with van der Waals surface area (Å²) in [6, 6.07) is 0. The summed E-state index contributed by atoms with van der Waals surface area (Å²) in [5, 5.41) is 0. The van der Waals surface area contributed by atoms with Gasteiger partial charge in [0.15, 0.2) is 0 Å². The Morgan fingerprint density at radius 3 is 2.44 bits per heavy atom. The number of hydrogen-bond acceptors (Lipinski definition) is 0. The fourth-order valence-electron chi connectivity index (χ4n) is 0.693. The maximum atomic E-state index is 3.70. The van der Waals surface area contributed by atoms with E-state index in [0.717, 1.165) is 6.42 Å². The van der Waals surface area contributed by atoms with Crippen LogP contribution >= 0.6 is 0 Å². The first-order valence-electron chi connectivity index (χ1n) is 3.21. The van der Waals surface area contributed by atoms with E-state index in [1.807, 2.05) is 25.2 Å². The third kappa shape index (κ3) is 3.77. The van der Waals surface area contributed by atoms with Gasteiger partial charge in [0.25, 0.3) is 0 Å². The van der Waals surface area contributed by atoms with Crippen LogP contribution in [0.4, 0.5) is 0 Å². The minimum atomic E-state index is 0.479. The van der Waals surface area contributed by atoms with Crippen LogP contribution < -0.4 is 0 Å². The van der Waals surface area contributed by atoms with Crippen LogP contribution in [0.3, 0.4) is 0 Å². The number of hydrogen-bond donors (Lipinski definition) is 0. The lowest BCUT2D eigenvalue weighted by atomic mass is 10.1. The van der Waals surface area contributed by atoms with Gasteiger partial charge in [0.1, 0.15) is 0 Å². The van der Waals surface area contributed by atoms with Crippen molar-refractivity contribution < 1.29 is 0 Å². The van der Waals surface area contributed by atoms with Gasteiger partial charge >= 0.3 is 0 Å².